The van der Waals surface area contributed by atoms with E-state index in [-0.39, 0.29) is 16.6 Å². The lowest BCUT2D eigenvalue weighted by molar-refractivity contribution is -0.120. The zero-order valence-corrected chi connectivity index (χ0v) is 19.2. The smallest absolute Gasteiger partial charge is 0.283 e. The Hall–Kier alpha value is -3.90. The highest BCUT2D eigenvalue weighted by Crippen LogP contribution is 2.32. The molecule has 0 radical (unpaired) electrons. The number of halogens is 1. The second kappa shape index (κ2) is 8.92. The molecule has 2 N–H and O–H groups in total. The molecule has 0 aliphatic carbocycles. The fourth-order valence-corrected chi connectivity index (χ4v) is 3.80. The first kappa shape index (κ1) is 22.3. The van der Waals surface area contributed by atoms with Gasteiger partial charge < -0.3 is 10.6 Å². The first-order valence-corrected chi connectivity index (χ1v) is 10.7. The molecule has 0 saturated heterocycles. The summed E-state index contributed by atoms with van der Waals surface area (Å²) in [5.41, 5.74) is 5.03. The van der Waals surface area contributed by atoms with Gasteiger partial charge in [0.1, 0.15) is 10.7 Å². The van der Waals surface area contributed by atoms with Gasteiger partial charge in [-0.1, -0.05) is 35.9 Å². The molecule has 7 heteroatoms. The molecule has 0 saturated carbocycles. The van der Waals surface area contributed by atoms with E-state index in [1.54, 1.807) is 36.4 Å². The van der Waals surface area contributed by atoms with Crippen molar-refractivity contribution in [2.75, 3.05) is 15.5 Å². The van der Waals surface area contributed by atoms with Crippen molar-refractivity contribution in [2.45, 2.75) is 20.8 Å². The van der Waals surface area contributed by atoms with Crippen LogP contribution in [0, 0.1) is 20.8 Å². The standard InChI is InChI=1S/C26H22ClN3O3/c1-15-6-4-8-20(14-15)29-24(31)18-10-12-19(13-11-18)28-23-22(27)25(32)30(26(23)33)21-9-5-7-16(2)17(21)3/h4-14,28H,1-3H3,(H,29,31). The predicted molar refractivity (Wildman–Crippen MR) is 130 cm³/mol. The molecule has 3 aromatic carbocycles. The van der Waals surface area contributed by atoms with Crippen LogP contribution in [0.2, 0.25) is 0 Å². The minimum Gasteiger partial charge on any atom is -0.350 e. The molecule has 1 aliphatic heterocycles. The molecular formula is C26H22ClN3O3. The number of rotatable bonds is 5. The Balaban J connectivity index is 1.50. The maximum absolute atomic E-state index is 13.0. The molecule has 0 unspecified atom stereocenters. The highest BCUT2D eigenvalue weighted by molar-refractivity contribution is 6.53. The van der Waals surface area contributed by atoms with Gasteiger partial charge in [-0.25, -0.2) is 4.90 Å². The highest BCUT2D eigenvalue weighted by Gasteiger charge is 2.39. The van der Waals surface area contributed by atoms with Gasteiger partial charge in [0.15, 0.2) is 0 Å². The van der Waals surface area contributed by atoms with E-state index < -0.39 is 11.8 Å². The summed E-state index contributed by atoms with van der Waals surface area (Å²) >= 11 is 6.24. The van der Waals surface area contributed by atoms with E-state index in [0.717, 1.165) is 21.6 Å². The summed E-state index contributed by atoms with van der Waals surface area (Å²) in [6.07, 6.45) is 0. The van der Waals surface area contributed by atoms with Crippen LogP contribution in [0.3, 0.4) is 0 Å². The molecule has 4 rings (SSSR count). The van der Waals surface area contributed by atoms with E-state index >= 15 is 0 Å². The van der Waals surface area contributed by atoms with Crippen molar-refractivity contribution >= 4 is 46.4 Å². The Morgan fingerprint density at radius 3 is 2.24 bits per heavy atom. The summed E-state index contributed by atoms with van der Waals surface area (Å²) in [5.74, 6) is -1.36. The molecule has 6 nitrogen and oxygen atoms in total. The number of hydrogen-bond acceptors (Lipinski definition) is 4. The minimum absolute atomic E-state index is 0.000430. The average Bonchev–Trinajstić information content (AvgIpc) is 2.99. The molecule has 0 fully saturated rings. The van der Waals surface area contributed by atoms with Crippen LogP contribution in [-0.4, -0.2) is 17.7 Å². The quantitative estimate of drug-likeness (QED) is 0.507. The number of hydrogen-bond donors (Lipinski definition) is 2. The largest absolute Gasteiger partial charge is 0.350 e. The maximum atomic E-state index is 13.0. The van der Waals surface area contributed by atoms with Crippen molar-refractivity contribution in [1.29, 1.82) is 0 Å². The van der Waals surface area contributed by atoms with Crippen LogP contribution in [0.1, 0.15) is 27.0 Å². The Morgan fingerprint density at radius 1 is 0.848 bits per heavy atom. The topological polar surface area (TPSA) is 78.5 Å². The van der Waals surface area contributed by atoms with E-state index in [1.165, 1.54) is 0 Å². The molecule has 0 bridgehead atoms. The summed E-state index contributed by atoms with van der Waals surface area (Å²) in [5, 5.41) is 5.60. The normalized spacial score (nSPS) is 13.5. The van der Waals surface area contributed by atoms with Crippen molar-refractivity contribution in [3.8, 4) is 0 Å². The first-order valence-electron chi connectivity index (χ1n) is 10.4. The van der Waals surface area contributed by atoms with Gasteiger partial charge in [0.05, 0.1) is 5.69 Å². The summed E-state index contributed by atoms with van der Waals surface area (Å²) in [6, 6.07) is 19.5. The van der Waals surface area contributed by atoms with E-state index in [4.69, 9.17) is 11.6 Å². The van der Waals surface area contributed by atoms with Gasteiger partial charge in [0, 0.05) is 16.9 Å². The van der Waals surface area contributed by atoms with E-state index in [1.807, 2.05) is 51.1 Å². The third-order valence-electron chi connectivity index (χ3n) is 5.54. The van der Waals surface area contributed by atoms with E-state index in [0.29, 0.717) is 22.6 Å². The first-order chi connectivity index (χ1) is 15.8. The molecule has 3 amide bonds. The van der Waals surface area contributed by atoms with Gasteiger partial charge in [-0.3, -0.25) is 14.4 Å². The van der Waals surface area contributed by atoms with Crippen LogP contribution < -0.4 is 15.5 Å². The monoisotopic (exact) mass is 459 g/mol. The summed E-state index contributed by atoms with van der Waals surface area (Å²) in [7, 11) is 0. The van der Waals surface area contributed by atoms with Crippen LogP contribution in [0.4, 0.5) is 17.1 Å². The molecular weight excluding hydrogens is 438 g/mol. The molecule has 1 aliphatic rings. The van der Waals surface area contributed by atoms with Crippen LogP contribution >= 0.6 is 11.6 Å². The number of nitrogens with zero attached hydrogens (tertiary/aromatic N) is 1. The van der Waals surface area contributed by atoms with Crippen LogP contribution in [0.5, 0.6) is 0 Å². The average molecular weight is 460 g/mol. The number of carbonyl (C=O) groups is 3. The number of anilines is 3. The zero-order valence-electron chi connectivity index (χ0n) is 18.4. The molecule has 33 heavy (non-hydrogen) atoms. The van der Waals surface area contributed by atoms with Gasteiger partial charge in [-0.15, -0.1) is 0 Å². The fraction of sp³-hybridized carbons (Fsp3) is 0.115. The van der Waals surface area contributed by atoms with Crippen molar-refractivity contribution in [3.63, 3.8) is 0 Å². The van der Waals surface area contributed by atoms with Gasteiger partial charge in [0.2, 0.25) is 0 Å². The number of aryl methyl sites for hydroxylation is 2. The molecule has 3 aromatic rings. The second-order valence-electron chi connectivity index (χ2n) is 7.88. The van der Waals surface area contributed by atoms with Crippen molar-refractivity contribution in [1.82, 2.24) is 0 Å². The summed E-state index contributed by atoms with van der Waals surface area (Å²) < 4.78 is 0. The van der Waals surface area contributed by atoms with Gasteiger partial charge in [-0.2, -0.15) is 0 Å². The molecule has 0 atom stereocenters. The van der Waals surface area contributed by atoms with E-state index in [9.17, 15) is 14.4 Å². The predicted octanol–water partition coefficient (Wildman–Crippen LogP) is 5.30. The van der Waals surface area contributed by atoms with Crippen molar-refractivity contribution in [3.05, 3.63) is 99.7 Å². The van der Waals surface area contributed by atoms with Crippen molar-refractivity contribution < 1.29 is 14.4 Å². The summed E-state index contributed by atoms with van der Waals surface area (Å²) in [6.45, 7) is 5.71. The number of amides is 3. The van der Waals surface area contributed by atoms with E-state index in [2.05, 4.69) is 10.6 Å². The number of nitrogens with one attached hydrogen (secondary N) is 2. The van der Waals surface area contributed by atoms with Crippen LogP contribution in [0.15, 0.2) is 77.5 Å². The Labute approximate surface area is 196 Å². The number of imide groups is 1. The third-order valence-corrected chi connectivity index (χ3v) is 5.89. The number of benzene rings is 3. The lowest BCUT2D eigenvalue weighted by Gasteiger charge is -2.18. The summed E-state index contributed by atoms with van der Waals surface area (Å²) in [4.78, 5) is 39.4. The lowest BCUT2D eigenvalue weighted by atomic mass is 10.1. The maximum Gasteiger partial charge on any atom is 0.283 e. The van der Waals surface area contributed by atoms with Crippen LogP contribution in [-0.2, 0) is 9.59 Å². The highest BCUT2D eigenvalue weighted by atomic mass is 35.5. The lowest BCUT2D eigenvalue weighted by Crippen LogP contribution is -2.33. The van der Waals surface area contributed by atoms with Gasteiger partial charge in [-0.05, 0) is 79.9 Å². The molecule has 166 valence electrons. The third kappa shape index (κ3) is 4.38. The Kier molecular flexibility index (Phi) is 6.03. The Morgan fingerprint density at radius 2 is 1.55 bits per heavy atom. The van der Waals surface area contributed by atoms with Crippen molar-refractivity contribution in [2.24, 2.45) is 0 Å². The zero-order chi connectivity index (χ0) is 23.7. The SMILES string of the molecule is Cc1cccc(NC(=O)c2ccc(NC3=C(Cl)C(=O)N(c4cccc(C)c4C)C3=O)cc2)c1. The van der Waals surface area contributed by atoms with Crippen LogP contribution in [0.25, 0.3) is 0 Å². The minimum atomic E-state index is -0.577. The second-order valence-corrected chi connectivity index (χ2v) is 8.26. The fourth-order valence-electron chi connectivity index (χ4n) is 3.58. The molecule has 1 heterocycles. The van der Waals surface area contributed by atoms with Gasteiger partial charge >= 0.3 is 0 Å². The Bertz CT molecular complexity index is 1310. The van der Waals surface area contributed by atoms with Gasteiger partial charge in [0.25, 0.3) is 17.7 Å². The number of carbonyl (C=O) groups excluding carboxylic acids is 3. The molecule has 0 aromatic heterocycles. The molecule has 0 spiro atoms.